The molecular weight excluding hydrogens is 183 g/mol. The topological polar surface area (TPSA) is 3.24 Å². The molecule has 1 heterocycles. The molecule has 0 aromatic heterocycles. The standard InChI is InChI=1S/C7H17N2.2ClH/c1-8-4-6-9(2,3)7-5-8;;/h4-7H2,1-3H3;2*1H/q+1;;/p-1. The first-order valence-electron chi connectivity index (χ1n) is 3.61. The highest BCUT2D eigenvalue weighted by Gasteiger charge is 2.21. The maximum Gasteiger partial charge on any atom is 0.0912 e. The van der Waals surface area contributed by atoms with Gasteiger partial charge in [-0.25, -0.2) is 0 Å². The van der Waals surface area contributed by atoms with Crippen LogP contribution in [-0.2, 0) is 0 Å². The molecule has 70 valence electrons. The van der Waals surface area contributed by atoms with Crippen molar-refractivity contribution in [2.24, 2.45) is 0 Å². The van der Waals surface area contributed by atoms with Crippen molar-refractivity contribution >= 4 is 12.4 Å². The monoisotopic (exact) mass is 200 g/mol. The second-order valence-electron chi connectivity index (χ2n) is 3.69. The molecule has 0 aromatic carbocycles. The number of piperazine rings is 1. The lowest BCUT2D eigenvalue weighted by Gasteiger charge is -2.37. The van der Waals surface area contributed by atoms with E-state index in [1.165, 1.54) is 30.7 Å². The third-order valence-corrected chi connectivity index (χ3v) is 2.17. The number of hydrogen-bond donors (Lipinski definition) is 0. The highest BCUT2D eigenvalue weighted by Crippen LogP contribution is 2.03. The van der Waals surface area contributed by atoms with Crippen molar-refractivity contribution < 1.29 is 16.9 Å². The van der Waals surface area contributed by atoms with E-state index in [4.69, 9.17) is 0 Å². The van der Waals surface area contributed by atoms with E-state index in [0.29, 0.717) is 0 Å². The maximum absolute atomic E-state index is 2.39. The van der Waals surface area contributed by atoms with Gasteiger partial charge in [0.2, 0.25) is 0 Å². The minimum absolute atomic E-state index is 0. The minimum Gasteiger partial charge on any atom is -1.00 e. The van der Waals surface area contributed by atoms with Crippen LogP contribution < -0.4 is 12.4 Å². The number of quaternary nitrogens is 1. The fourth-order valence-corrected chi connectivity index (χ4v) is 1.11. The molecule has 0 spiro atoms. The molecular formula is C7H18Cl2N2. The molecule has 1 rings (SSSR count). The number of hydrogen-bond acceptors (Lipinski definition) is 1. The van der Waals surface area contributed by atoms with Crippen LogP contribution in [0.1, 0.15) is 0 Å². The van der Waals surface area contributed by atoms with Crippen molar-refractivity contribution in [1.29, 1.82) is 0 Å². The van der Waals surface area contributed by atoms with Crippen molar-refractivity contribution in [3.05, 3.63) is 0 Å². The summed E-state index contributed by atoms with van der Waals surface area (Å²) in [7, 11) is 6.79. The van der Waals surface area contributed by atoms with Crippen molar-refractivity contribution in [2.75, 3.05) is 47.3 Å². The van der Waals surface area contributed by atoms with Crippen LogP contribution in [-0.4, -0.2) is 56.7 Å². The number of likely N-dealkylation sites (N-methyl/N-ethyl adjacent to an activating group) is 2. The molecule has 0 radical (unpaired) electrons. The third-order valence-electron chi connectivity index (χ3n) is 2.17. The number of halogens is 2. The zero-order valence-electron chi connectivity index (χ0n) is 7.51. The Morgan fingerprint density at radius 1 is 1.09 bits per heavy atom. The second kappa shape index (κ2) is 5.20. The van der Waals surface area contributed by atoms with Crippen molar-refractivity contribution in [1.82, 2.24) is 4.90 Å². The van der Waals surface area contributed by atoms with E-state index in [1.54, 1.807) is 0 Å². The number of nitrogens with zero attached hydrogens (tertiary/aromatic N) is 2. The van der Waals surface area contributed by atoms with Crippen LogP contribution in [0.25, 0.3) is 0 Å². The van der Waals surface area contributed by atoms with E-state index in [2.05, 4.69) is 26.0 Å². The molecule has 1 saturated heterocycles. The van der Waals surface area contributed by atoms with E-state index < -0.39 is 0 Å². The Balaban J connectivity index is 0. The highest BCUT2D eigenvalue weighted by atomic mass is 35.5. The molecule has 1 aliphatic rings. The van der Waals surface area contributed by atoms with Gasteiger partial charge in [0, 0.05) is 13.1 Å². The minimum atomic E-state index is 0. The quantitative estimate of drug-likeness (QED) is 0.389. The van der Waals surface area contributed by atoms with E-state index in [1.807, 2.05) is 0 Å². The molecule has 0 aliphatic carbocycles. The third kappa shape index (κ3) is 4.86. The summed E-state index contributed by atoms with van der Waals surface area (Å²) in [5.74, 6) is 0. The van der Waals surface area contributed by atoms with Crippen LogP contribution in [0.15, 0.2) is 0 Å². The Bertz CT molecular complexity index is 96.6. The van der Waals surface area contributed by atoms with Crippen LogP contribution in [0.4, 0.5) is 0 Å². The molecule has 0 aromatic rings. The van der Waals surface area contributed by atoms with Gasteiger partial charge in [0.1, 0.15) is 0 Å². The summed E-state index contributed by atoms with van der Waals surface area (Å²) in [4.78, 5) is 2.39. The Labute approximate surface area is 82.0 Å². The Hall–Kier alpha value is 0.500. The molecule has 0 bridgehead atoms. The van der Waals surface area contributed by atoms with Gasteiger partial charge >= 0.3 is 0 Å². The van der Waals surface area contributed by atoms with Gasteiger partial charge in [-0.3, -0.25) is 4.90 Å². The van der Waals surface area contributed by atoms with Gasteiger partial charge < -0.3 is 16.9 Å². The normalized spacial score (nSPS) is 23.2. The summed E-state index contributed by atoms with van der Waals surface area (Å²) in [6.45, 7) is 5.12. The highest BCUT2D eigenvalue weighted by molar-refractivity contribution is 5.85. The molecule has 1 aliphatic heterocycles. The van der Waals surface area contributed by atoms with Crippen LogP contribution >= 0.6 is 12.4 Å². The van der Waals surface area contributed by atoms with Gasteiger partial charge in [-0.15, -0.1) is 12.4 Å². The maximum atomic E-state index is 2.39. The summed E-state index contributed by atoms with van der Waals surface area (Å²) in [5, 5.41) is 0. The first-order chi connectivity index (χ1) is 4.10. The van der Waals surface area contributed by atoms with Crippen LogP contribution in [0, 0.1) is 0 Å². The molecule has 1 fully saturated rings. The summed E-state index contributed by atoms with van der Waals surface area (Å²) in [6, 6.07) is 0. The number of rotatable bonds is 0. The fourth-order valence-electron chi connectivity index (χ4n) is 1.11. The van der Waals surface area contributed by atoms with Gasteiger partial charge in [0.05, 0.1) is 27.2 Å². The van der Waals surface area contributed by atoms with E-state index in [9.17, 15) is 0 Å². The van der Waals surface area contributed by atoms with Crippen molar-refractivity contribution in [2.45, 2.75) is 0 Å². The van der Waals surface area contributed by atoms with Crippen LogP contribution in [0.5, 0.6) is 0 Å². The van der Waals surface area contributed by atoms with Crippen molar-refractivity contribution in [3.63, 3.8) is 0 Å². The van der Waals surface area contributed by atoms with E-state index in [-0.39, 0.29) is 24.8 Å². The summed E-state index contributed by atoms with van der Waals surface area (Å²) in [6.07, 6.45) is 0. The molecule has 0 amide bonds. The average Bonchev–Trinajstić information content (AvgIpc) is 1.78. The summed E-state index contributed by atoms with van der Waals surface area (Å²) < 4.78 is 1.20. The average molecular weight is 201 g/mol. The van der Waals surface area contributed by atoms with Crippen molar-refractivity contribution in [3.8, 4) is 0 Å². The molecule has 0 N–H and O–H groups in total. The molecule has 0 saturated carbocycles. The van der Waals surface area contributed by atoms with E-state index in [0.717, 1.165) is 0 Å². The predicted molar refractivity (Wildman–Crippen MR) is 46.6 cm³/mol. The first kappa shape index (κ1) is 14.0. The second-order valence-corrected chi connectivity index (χ2v) is 3.69. The van der Waals surface area contributed by atoms with Crippen LogP contribution in [0.2, 0.25) is 0 Å². The van der Waals surface area contributed by atoms with Gasteiger partial charge in [-0.05, 0) is 7.05 Å². The predicted octanol–water partition coefficient (Wildman–Crippen LogP) is -2.57. The SMILES string of the molecule is CN1CC[N+](C)(C)CC1.Cl.[Cl-]. The van der Waals surface area contributed by atoms with Gasteiger partial charge in [0.25, 0.3) is 0 Å². The molecule has 11 heavy (non-hydrogen) atoms. The van der Waals surface area contributed by atoms with Crippen LogP contribution in [0.3, 0.4) is 0 Å². The lowest BCUT2D eigenvalue weighted by molar-refractivity contribution is -0.894. The molecule has 2 nitrogen and oxygen atoms in total. The van der Waals surface area contributed by atoms with E-state index >= 15 is 0 Å². The molecule has 4 heteroatoms. The smallest absolute Gasteiger partial charge is 0.0912 e. The van der Waals surface area contributed by atoms with Gasteiger partial charge in [-0.1, -0.05) is 0 Å². The Morgan fingerprint density at radius 3 is 1.73 bits per heavy atom. The fraction of sp³-hybridized carbons (Fsp3) is 1.00. The summed E-state index contributed by atoms with van der Waals surface area (Å²) >= 11 is 0. The molecule has 0 unspecified atom stereocenters. The van der Waals surface area contributed by atoms with Gasteiger partial charge in [0.15, 0.2) is 0 Å². The Kier molecular flexibility index (Phi) is 6.64. The Morgan fingerprint density at radius 2 is 1.45 bits per heavy atom. The zero-order chi connectivity index (χ0) is 6.91. The lowest BCUT2D eigenvalue weighted by Crippen LogP contribution is -3.00. The largest absolute Gasteiger partial charge is 1.00 e. The lowest BCUT2D eigenvalue weighted by atomic mass is 10.3. The van der Waals surface area contributed by atoms with Gasteiger partial charge in [-0.2, -0.15) is 0 Å². The first-order valence-corrected chi connectivity index (χ1v) is 3.61. The summed E-state index contributed by atoms with van der Waals surface area (Å²) in [5.41, 5.74) is 0. The zero-order valence-corrected chi connectivity index (χ0v) is 9.08. The molecule has 0 atom stereocenters.